The van der Waals surface area contributed by atoms with Gasteiger partial charge in [-0.15, -0.1) is 0 Å². The third-order valence-corrected chi connectivity index (χ3v) is 8.44. The van der Waals surface area contributed by atoms with E-state index in [2.05, 4.69) is 31.3 Å². The average Bonchev–Trinajstić information content (AvgIpc) is 2.99. The zero-order valence-corrected chi connectivity index (χ0v) is 28.3. The van der Waals surface area contributed by atoms with Crippen molar-refractivity contribution in [3.8, 4) is 0 Å². The first kappa shape index (κ1) is 40.9. The number of aliphatic hydroxyl groups is 2. The molecule has 0 aliphatic heterocycles. The number of unbranched alkanes of at least 4 members (excludes halogenated alkanes) is 24. The van der Waals surface area contributed by atoms with Gasteiger partial charge in [0.05, 0.1) is 18.8 Å². The van der Waals surface area contributed by atoms with Crippen molar-refractivity contribution in [2.75, 3.05) is 6.61 Å². The molecule has 3 N–H and O–H groups in total. The Labute approximate surface area is 262 Å². The van der Waals surface area contributed by atoms with Crippen LogP contribution in [0.5, 0.6) is 0 Å². The van der Waals surface area contributed by atoms with Gasteiger partial charge in [-0.2, -0.15) is 0 Å². The van der Waals surface area contributed by atoms with E-state index in [0.717, 1.165) is 32.1 Å². The molecule has 0 heterocycles. The highest BCUT2D eigenvalue weighted by atomic mass is 16.3. The van der Waals surface area contributed by atoms with Crippen molar-refractivity contribution < 1.29 is 15.0 Å². The van der Waals surface area contributed by atoms with Crippen LogP contribution in [0, 0.1) is 0 Å². The number of aliphatic hydroxyl groups excluding tert-OH is 2. The van der Waals surface area contributed by atoms with Gasteiger partial charge in [0.2, 0.25) is 5.91 Å². The molecule has 4 nitrogen and oxygen atoms in total. The number of nitrogens with one attached hydrogen (secondary N) is 1. The molecular weight excluding hydrogens is 518 g/mol. The molecule has 2 unspecified atom stereocenters. The third kappa shape index (κ3) is 30.3. The Hall–Kier alpha value is -1.13. The predicted octanol–water partition coefficient (Wildman–Crippen LogP) is 10.9. The summed E-state index contributed by atoms with van der Waals surface area (Å²) >= 11 is 0. The molecule has 0 aliphatic rings. The zero-order chi connectivity index (χ0) is 30.8. The Morgan fingerprint density at radius 2 is 0.929 bits per heavy atom. The molecule has 0 aromatic rings. The minimum Gasteiger partial charge on any atom is -0.394 e. The normalized spacial score (nSPS) is 13.3. The lowest BCUT2D eigenvalue weighted by molar-refractivity contribution is -0.123. The summed E-state index contributed by atoms with van der Waals surface area (Å²) in [4.78, 5) is 12.2. The van der Waals surface area contributed by atoms with Crippen LogP contribution in [-0.2, 0) is 4.79 Å². The van der Waals surface area contributed by atoms with Crippen molar-refractivity contribution in [1.82, 2.24) is 5.32 Å². The van der Waals surface area contributed by atoms with Crippen molar-refractivity contribution in [2.45, 2.75) is 206 Å². The lowest BCUT2D eigenvalue weighted by Gasteiger charge is -2.19. The number of rotatable bonds is 33. The van der Waals surface area contributed by atoms with E-state index in [4.69, 9.17) is 0 Å². The van der Waals surface area contributed by atoms with Crippen molar-refractivity contribution in [3.05, 3.63) is 24.3 Å². The Morgan fingerprint density at radius 3 is 1.38 bits per heavy atom. The standard InChI is InChI=1S/C38H73NO3/c1-3-5-7-9-11-12-13-14-15-16-17-18-19-20-21-22-23-24-25-26-28-29-31-33-37(41)36(35-40)39-38(42)34-32-30-27-10-8-6-4-2/h25-26,31,33,36-37,40-41H,3-24,27-30,32,34-35H2,1-2H3,(H,39,42)/b26-25+,33-31+. The minimum absolute atomic E-state index is 0.0812. The van der Waals surface area contributed by atoms with Crippen molar-refractivity contribution >= 4 is 5.91 Å². The van der Waals surface area contributed by atoms with E-state index in [-0.39, 0.29) is 12.5 Å². The number of hydrogen-bond acceptors (Lipinski definition) is 3. The van der Waals surface area contributed by atoms with E-state index in [1.165, 1.54) is 141 Å². The molecular formula is C38H73NO3. The first-order valence-electron chi connectivity index (χ1n) is 18.6. The molecule has 0 bridgehead atoms. The first-order chi connectivity index (χ1) is 20.7. The lowest BCUT2D eigenvalue weighted by Crippen LogP contribution is -2.45. The minimum atomic E-state index is -0.855. The first-order valence-corrected chi connectivity index (χ1v) is 18.6. The quantitative estimate of drug-likeness (QED) is 0.0525. The monoisotopic (exact) mass is 592 g/mol. The molecule has 42 heavy (non-hydrogen) atoms. The summed E-state index contributed by atoms with van der Waals surface area (Å²) in [6.07, 6.45) is 42.9. The predicted molar refractivity (Wildman–Crippen MR) is 184 cm³/mol. The molecule has 0 saturated carbocycles. The number of allylic oxidation sites excluding steroid dienone is 3. The van der Waals surface area contributed by atoms with E-state index in [0.29, 0.717) is 6.42 Å². The molecule has 1 amide bonds. The highest BCUT2D eigenvalue weighted by molar-refractivity contribution is 5.76. The van der Waals surface area contributed by atoms with Crippen LogP contribution in [0.2, 0.25) is 0 Å². The van der Waals surface area contributed by atoms with Crippen LogP contribution < -0.4 is 5.32 Å². The maximum atomic E-state index is 12.2. The van der Waals surface area contributed by atoms with E-state index in [1.54, 1.807) is 6.08 Å². The Kier molecular flexibility index (Phi) is 33.4. The fraction of sp³-hybridized carbons (Fsp3) is 0.868. The second kappa shape index (κ2) is 34.4. The molecule has 0 rings (SSSR count). The van der Waals surface area contributed by atoms with Gasteiger partial charge in [-0.1, -0.05) is 179 Å². The van der Waals surface area contributed by atoms with E-state index < -0.39 is 12.1 Å². The van der Waals surface area contributed by atoms with Crippen LogP contribution in [0.3, 0.4) is 0 Å². The third-order valence-electron chi connectivity index (χ3n) is 8.44. The van der Waals surface area contributed by atoms with E-state index >= 15 is 0 Å². The highest BCUT2D eigenvalue weighted by Gasteiger charge is 2.17. The maximum Gasteiger partial charge on any atom is 0.220 e. The van der Waals surface area contributed by atoms with Gasteiger partial charge < -0.3 is 15.5 Å². The summed E-state index contributed by atoms with van der Waals surface area (Å²) in [7, 11) is 0. The van der Waals surface area contributed by atoms with Gasteiger partial charge in [0.25, 0.3) is 0 Å². The number of carbonyl (C=O) groups is 1. The topological polar surface area (TPSA) is 69.6 Å². The van der Waals surface area contributed by atoms with Crippen molar-refractivity contribution in [2.24, 2.45) is 0 Å². The molecule has 0 aliphatic carbocycles. The highest BCUT2D eigenvalue weighted by Crippen LogP contribution is 2.14. The van der Waals surface area contributed by atoms with Gasteiger partial charge >= 0.3 is 0 Å². The summed E-state index contributed by atoms with van der Waals surface area (Å²) in [5, 5.41) is 22.7. The second-order valence-electron chi connectivity index (χ2n) is 12.6. The summed E-state index contributed by atoms with van der Waals surface area (Å²) in [5.41, 5.74) is 0. The van der Waals surface area contributed by atoms with E-state index in [1.807, 2.05) is 6.08 Å². The molecule has 2 atom stereocenters. The van der Waals surface area contributed by atoms with Gasteiger partial charge in [-0.05, 0) is 32.1 Å². The molecule has 0 aromatic carbocycles. The van der Waals surface area contributed by atoms with Crippen molar-refractivity contribution in [3.63, 3.8) is 0 Å². The maximum absolute atomic E-state index is 12.2. The number of carbonyl (C=O) groups excluding carboxylic acids is 1. The van der Waals surface area contributed by atoms with Gasteiger partial charge in [0, 0.05) is 6.42 Å². The van der Waals surface area contributed by atoms with E-state index in [9.17, 15) is 15.0 Å². The summed E-state index contributed by atoms with van der Waals surface area (Å²) in [5.74, 6) is -0.0812. The molecule has 0 fully saturated rings. The second-order valence-corrected chi connectivity index (χ2v) is 12.6. The lowest BCUT2D eigenvalue weighted by atomic mass is 10.0. The fourth-order valence-corrected chi connectivity index (χ4v) is 5.55. The summed E-state index contributed by atoms with van der Waals surface area (Å²) in [6, 6.07) is -0.631. The molecule has 0 radical (unpaired) electrons. The summed E-state index contributed by atoms with van der Waals surface area (Å²) in [6.45, 7) is 4.25. The fourth-order valence-electron chi connectivity index (χ4n) is 5.55. The molecule has 0 saturated heterocycles. The smallest absolute Gasteiger partial charge is 0.220 e. The Bertz CT molecular complexity index is 603. The zero-order valence-electron chi connectivity index (χ0n) is 28.3. The molecule has 248 valence electrons. The van der Waals surface area contributed by atoms with Gasteiger partial charge in [-0.25, -0.2) is 0 Å². The van der Waals surface area contributed by atoms with Crippen LogP contribution >= 0.6 is 0 Å². The van der Waals surface area contributed by atoms with Gasteiger partial charge in [0.15, 0.2) is 0 Å². The number of amides is 1. The summed E-state index contributed by atoms with van der Waals surface area (Å²) < 4.78 is 0. The number of hydrogen-bond donors (Lipinski definition) is 3. The Morgan fingerprint density at radius 1 is 0.548 bits per heavy atom. The SMILES string of the molecule is CCCCCCCCCCCCCCCCCCC/C=C/CC/C=C/C(O)C(CO)NC(=O)CCCCCCCCC. The van der Waals surface area contributed by atoms with Gasteiger partial charge in [0.1, 0.15) is 0 Å². The molecule has 0 spiro atoms. The average molecular weight is 592 g/mol. The van der Waals surface area contributed by atoms with Crippen LogP contribution in [0.1, 0.15) is 194 Å². The van der Waals surface area contributed by atoms with Crippen LogP contribution in [0.25, 0.3) is 0 Å². The largest absolute Gasteiger partial charge is 0.394 e. The Balaban J connectivity index is 3.56. The van der Waals surface area contributed by atoms with Crippen LogP contribution in [0.4, 0.5) is 0 Å². The van der Waals surface area contributed by atoms with Crippen LogP contribution in [-0.4, -0.2) is 34.9 Å². The van der Waals surface area contributed by atoms with Gasteiger partial charge in [-0.3, -0.25) is 4.79 Å². The molecule has 4 heteroatoms. The molecule has 0 aromatic heterocycles. The van der Waals surface area contributed by atoms with Crippen LogP contribution in [0.15, 0.2) is 24.3 Å². The van der Waals surface area contributed by atoms with Crippen molar-refractivity contribution in [1.29, 1.82) is 0 Å².